The summed E-state index contributed by atoms with van der Waals surface area (Å²) in [4.78, 5) is 13.6. The molecular formula is C15H13NO2. The Hall–Kier alpha value is -2.29. The molecule has 3 rings (SSSR count). The van der Waals surface area contributed by atoms with E-state index in [2.05, 4.69) is 0 Å². The quantitative estimate of drug-likeness (QED) is 0.804. The molecule has 1 aliphatic heterocycles. The average molecular weight is 239 g/mol. The van der Waals surface area contributed by atoms with E-state index in [1.54, 1.807) is 4.90 Å². The molecule has 2 aromatic rings. The van der Waals surface area contributed by atoms with Crippen LogP contribution in [0.5, 0.6) is 0 Å². The summed E-state index contributed by atoms with van der Waals surface area (Å²) in [5.74, 6) is 0. The molecule has 0 aliphatic carbocycles. The first kappa shape index (κ1) is 10.8. The fourth-order valence-corrected chi connectivity index (χ4v) is 2.22. The molecule has 0 aromatic heterocycles. The van der Waals surface area contributed by atoms with Gasteiger partial charge in [0.05, 0.1) is 6.04 Å². The number of anilines is 1. The molecule has 0 unspecified atom stereocenters. The predicted octanol–water partition coefficient (Wildman–Crippen LogP) is 3.38. The first-order chi connectivity index (χ1) is 8.86. The second-order valence-corrected chi connectivity index (χ2v) is 4.21. The van der Waals surface area contributed by atoms with Gasteiger partial charge in [-0.05, 0) is 17.7 Å². The first-order valence-corrected chi connectivity index (χ1v) is 5.92. The zero-order chi connectivity index (χ0) is 12.4. The second-order valence-electron chi connectivity index (χ2n) is 4.21. The van der Waals surface area contributed by atoms with Gasteiger partial charge in [-0.2, -0.15) is 0 Å². The van der Waals surface area contributed by atoms with E-state index in [9.17, 15) is 4.79 Å². The summed E-state index contributed by atoms with van der Waals surface area (Å²) in [5.41, 5.74) is 1.96. The Morgan fingerprint density at radius 2 is 1.56 bits per heavy atom. The number of carbonyl (C=O) groups is 1. The van der Waals surface area contributed by atoms with Crippen LogP contribution >= 0.6 is 0 Å². The highest BCUT2D eigenvalue weighted by Crippen LogP contribution is 2.32. The molecular weight excluding hydrogens is 226 g/mol. The zero-order valence-electron chi connectivity index (χ0n) is 9.82. The Morgan fingerprint density at radius 1 is 0.944 bits per heavy atom. The molecule has 3 heteroatoms. The number of amides is 1. The predicted molar refractivity (Wildman–Crippen MR) is 69.5 cm³/mol. The van der Waals surface area contributed by atoms with Crippen molar-refractivity contribution in [3.63, 3.8) is 0 Å². The van der Waals surface area contributed by atoms with Gasteiger partial charge in [-0.3, -0.25) is 4.90 Å². The molecule has 0 bridgehead atoms. The van der Waals surface area contributed by atoms with Crippen LogP contribution in [0.15, 0.2) is 60.7 Å². The minimum Gasteiger partial charge on any atom is -0.447 e. The van der Waals surface area contributed by atoms with Crippen molar-refractivity contribution >= 4 is 11.8 Å². The highest BCUT2D eigenvalue weighted by atomic mass is 16.6. The van der Waals surface area contributed by atoms with Crippen LogP contribution in [0, 0.1) is 0 Å². The van der Waals surface area contributed by atoms with Gasteiger partial charge in [-0.1, -0.05) is 48.5 Å². The highest BCUT2D eigenvalue weighted by molar-refractivity contribution is 5.90. The van der Waals surface area contributed by atoms with Crippen LogP contribution in [-0.4, -0.2) is 12.7 Å². The van der Waals surface area contributed by atoms with Crippen molar-refractivity contribution in [3.05, 3.63) is 66.2 Å². The number of rotatable bonds is 2. The van der Waals surface area contributed by atoms with E-state index in [0.29, 0.717) is 6.61 Å². The van der Waals surface area contributed by atoms with Gasteiger partial charge >= 0.3 is 6.09 Å². The van der Waals surface area contributed by atoms with Crippen molar-refractivity contribution in [1.29, 1.82) is 0 Å². The number of para-hydroxylation sites is 1. The van der Waals surface area contributed by atoms with Gasteiger partial charge in [-0.25, -0.2) is 4.79 Å². The number of nitrogens with zero attached hydrogens (tertiary/aromatic N) is 1. The van der Waals surface area contributed by atoms with Crippen LogP contribution in [0.25, 0.3) is 0 Å². The van der Waals surface area contributed by atoms with Crippen molar-refractivity contribution in [2.45, 2.75) is 6.04 Å². The molecule has 18 heavy (non-hydrogen) atoms. The largest absolute Gasteiger partial charge is 0.447 e. The summed E-state index contributed by atoms with van der Waals surface area (Å²) in [5, 5.41) is 0. The van der Waals surface area contributed by atoms with Crippen molar-refractivity contribution in [1.82, 2.24) is 0 Å². The number of carbonyl (C=O) groups excluding carboxylic acids is 1. The van der Waals surface area contributed by atoms with E-state index >= 15 is 0 Å². The van der Waals surface area contributed by atoms with Crippen molar-refractivity contribution < 1.29 is 9.53 Å². The van der Waals surface area contributed by atoms with Gasteiger partial charge in [0, 0.05) is 5.69 Å². The third-order valence-electron chi connectivity index (χ3n) is 3.09. The molecule has 0 saturated carbocycles. The maximum absolute atomic E-state index is 11.9. The molecule has 1 aliphatic rings. The maximum Gasteiger partial charge on any atom is 0.415 e. The lowest BCUT2D eigenvalue weighted by atomic mass is 10.1. The van der Waals surface area contributed by atoms with E-state index in [0.717, 1.165) is 11.3 Å². The Bertz CT molecular complexity index is 539. The Labute approximate surface area is 106 Å². The molecule has 1 atom stereocenters. The van der Waals surface area contributed by atoms with Gasteiger partial charge in [0.25, 0.3) is 0 Å². The van der Waals surface area contributed by atoms with Gasteiger partial charge in [0.2, 0.25) is 0 Å². The third-order valence-corrected chi connectivity index (χ3v) is 3.09. The standard InChI is InChI=1S/C15H13NO2/c17-15-16(13-9-5-2-6-10-13)14(11-18-15)12-7-3-1-4-8-12/h1-10,14H,11H2/t14-/m0/s1. The van der Waals surface area contributed by atoms with Crippen LogP contribution in [0.1, 0.15) is 11.6 Å². The summed E-state index contributed by atoms with van der Waals surface area (Å²) in [6.07, 6.45) is -0.282. The number of hydrogen-bond donors (Lipinski definition) is 0. The number of ether oxygens (including phenoxy) is 1. The zero-order valence-corrected chi connectivity index (χ0v) is 9.82. The number of hydrogen-bond acceptors (Lipinski definition) is 2. The molecule has 1 saturated heterocycles. The Kier molecular flexibility index (Phi) is 2.73. The van der Waals surface area contributed by atoms with Crippen molar-refractivity contribution in [2.24, 2.45) is 0 Å². The fraction of sp³-hybridized carbons (Fsp3) is 0.133. The molecule has 1 fully saturated rings. The van der Waals surface area contributed by atoms with Gasteiger partial charge < -0.3 is 4.74 Å². The number of benzene rings is 2. The molecule has 90 valence electrons. The minimum absolute atomic E-state index is 0.0406. The van der Waals surface area contributed by atoms with Crippen LogP contribution in [-0.2, 0) is 4.74 Å². The van der Waals surface area contributed by atoms with Gasteiger partial charge in [-0.15, -0.1) is 0 Å². The lowest BCUT2D eigenvalue weighted by Gasteiger charge is -2.21. The third kappa shape index (κ3) is 1.84. The highest BCUT2D eigenvalue weighted by Gasteiger charge is 2.34. The van der Waals surface area contributed by atoms with E-state index < -0.39 is 0 Å². The second kappa shape index (κ2) is 4.53. The first-order valence-electron chi connectivity index (χ1n) is 5.92. The van der Waals surface area contributed by atoms with E-state index in [-0.39, 0.29) is 12.1 Å². The van der Waals surface area contributed by atoms with Gasteiger partial charge in [0.1, 0.15) is 6.61 Å². The number of cyclic esters (lactones) is 1. The van der Waals surface area contributed by atoms with E-state index in [4.69, 9.17) is 4.74 Å². The minimum atomic E-state index is -0.282. The molecule has 0 radical (unpaired) electrons. The molecule has 1 heterocycles. The summed E-state index contributed by atoms with van der Waals surface area (Å²) < 4.78 is 5.17. The smallest absolute Gasteiger partial charge is 0.415 e. The van der Waals surface area contributed by atoms with Crippen molar-refractivity contribution in [2.75, 3.05) is 11.5 Å². The Balaban J connectivity index is 1.98. The lowest BCUT2D eigenvalue weighted by molar-refractivity contribution is 0.179. The van der Waals surface area contributed by atoms with E-state index in [1.807, 2.05) is 60.7 Å². The molecule has 1 amide bonds. The summed E-state index contributed by atoms with van der Waals surface area (Å²) in [6, 6.07) is 19.5. The van der Waals surface area contributed by atoms with Crippen LogP contribution in [0.4, 0.5) is 10.5 Å². The Morgan fingerprint density at radius 3 is 2.22 bits per heavy atom. The SMILES string of the molecule is O=C1OC[C@@H](c2ccccc2)N1c1ccccc1. The molecule has 3 nitrogen and oxygen atoms in total. The van der Waals surface area contributed by atoms with Crippen LogP contribution in [0.2, 0.25) is 0 Å². The van der Waals surface area contributed by atoms with Crippen LogP contribution in [0.3, 0.4) is 0 Å². The summed E-state index contributed by atoms with van der Waals surface area (Å²) in [7, 11) is 0. The fourth-order valence-electron chi connectivity index (χ4n) is 2.22. The summed E-state index contributed by atoms with van der Waals surface area (Å²) in [6.45, 7) is 0.401. The molecule has 2 aromatic carbocycles. The monoisotopic (exact) mass is 239 g/mol. The maximum atomic E-state index is 11.9. The topological polar surface area (TPSA) is 29.5 Å². The molecule has 0 N–H and O–H groups in total. The van der Waals surface area contributed by atoms with Gasteiger partial charge in [0.15, 0.2) is 0 Å². The van der Waals surface area contributed by atoms with Crippen LogP contribution < -0.4 is 4.90 Å². The normalized spacial score (nSPS) is 18.8. The average Bonchev–Trinajstić information content (AvgIpc) is 2.83. The lowest BCUT2D eigenvalue weighted by Crippen LogP contribution is -2.27. The summed E-state index contributed by atoms with van der Waals surface area (Å²) >= 11 is 0. The van der Waals surface area contributed by atoms with E-state index in [1.165, 1.54) is 0 Å². The molecule has 0 spiro atoms. The van der Waals surface area contributed by atoms with Crippen molar-refractivity contribution in [3.8, 4) is 0 Å².